The molecule has 0 saturated carbocycles. The molecule has 1 aromatic carbocycles. The highest BCUT2D eigenvalue weighted by Gasteiger charge is 2.23. The van der Waals surface area contributed by atoms with Crippen LogP contribution in [0.2, 0.25) is 0 Å². The predicted octanol–water partition coefficient (Wildman–Crippen LogP) is 1.12. The molecule has 1 heterocycles. The number of methoxy groups -OCH3 is 1. The van der Waals surface area contributed by atoms with Gasteiger partial charge in [0.2, 0.25) is 0 Å². The summed E-state index contributed by atoms with van der Waals surface area (Å²) in [5.74, 6) is -0.923. The summed E-state index contributed by atoms with van der Waals surface area (Å²) in [6.45, 7) is -0.229. The van der Waals surface area contributed by atoms with Gasteiger partial charge in [-0.05, 0) is 17.1 Å². The van der Waals surface area contributed by atoms with Crippen LogP contribution >= 0.6 is 0 Å². The lowest BCUT2D eigenvalue weighted by molar-refractivity contribution is -0.396. The molecule has 0 aliphatic heterocycles. The maximum atomic E-state index is 11.2. The van der Waals surface area contributed by atoms with Crippen molar-refractivity contribution in [2.24, 2.45) is 0 Å². The Morgan fingerprint density at radius 3 is 2.88 bits per heavy atom. The molecule has 0 aliphatic rings. The van der Waals surface area contributed by atoms with Crippen LogP contribution in [0.4, 0.5) is 5.95 Å². The second kappa shape index (κ2) is 4.20. The van der Waals surface area contributed by atoms with Crippen LogP contribution in [-0.4, -0.2) is 27.6 Å². The molecule has 2 rings (SSSR count). The van der Waals surface area contributed by atoms with Gasteiger partial charge in [-0.25, -0.2) is 9.36 Å². The molecular formula is C10H9N3O4. The van der Waals surface area contributed by atoms with E-state index in [-0.39, 0.29) is 12.5 Å². The fourth-order valence-electron chi connectivity index (χ4n) is 1.55. The third-order valence-electron chi connectivity index (χ3n) is 2.31. The van der Waals surface area contributed by atoms with Crippen LogP contribution in [0.3, 0.4) is 0 Å². The Morgan fingerprint density at radius 1 is 1.53 bits per heavy atom. The van der Waals surface area contributed by atoms with Gasteiger partial charge in [0.1, 0.15) is 5.52 Å². The van der Waals surface area contributed by atoms with Gasteiger partial charge in [-0.3, -0.25) is 0 Å². The molecule has 0 saturated heterocycles. The molecule has 0 unspecified atom stereocenters. The standard InChI is InChI=1S/C10H9N3O4/c1-17-9(14)6-12-8-5-3-2-4-7(8)11-10(12)13(15)16/h2-5H,6H2,1H3. The highest BCUT2D eigenvalue weighted by atomic mass is 16.6. The number of nitro groups is 1. The van der Waals surface area contributed by atoms with Crippen molar-refractivity contribution in [3.05, 3.63) is 34.4 Å². The fraction of sp³-hybridized carbons (Fsp3) is 0.200. The Morgan fingerprint density at radius 2 is 2.24 bits per heavy atom. The van der Waals surface area contributed by atoms with Crippen LogP contribution in [0.15, 0.2) is 24.3 Å². The van der Waals surface area contributed by atoms with Gasteiger partial charge in [0, 0.05) is 0 Å². The van der Waals surface area contributed by atoms with Crippen molar-refractivity contribution in [3.63, 3.8) is 0 Å². The highest BCUT2D eigenvalue weighted by molar-refractivity contribution is 5.80. The number of nitrogens with zero attached hydrogens (tertiary/aromatic N) is 3. The average Bonchev–Trinajstić information content (AvgIpc) is 2.68. The van der Waals surface area contributed by atoms with Gasteiger partial charge in [0.15, 0.2) is 12.1 Å². The number of carbonyl (C=O) groups is 1. The Balaban J connectivity index is 2.59. The van der Waals surface area contributed by atoms with E-state index in [0.29, 0.717) is 11.0 Å². The topological polar surface area (TPSA) is 87.3 Å². The minimum absolute atomic E-state index is 0.229. The van der Waals surface area contributed by atoms with Gasteiger partial charge in [-0.1, -0.05) is 17.1 Å². The van der Waals surface area contributed by atoms with E-state index in [4.69, 9.17) is 0 Å². The highest BCUT2D eigenvalue weighted by Crippen LogP contribution is 2.20. The summed E-state index contributed by atoms with van der Waals surface area (Å²) < 4.78 is 5.72. The number of hydrogen-bond donors (Lipinski definition) is 0. The van der Waals surface area contributed by atoms with Crippen molar-refractivity contribution < 1.29 is 14.5 Å². The molecule has 7 nitrogen and oxygen atoms in total. The quantitative estimate of drug-likeness (QED) is 0.452. The molecule has 2 aromatic rings. The maximum Gasteiger partial charge on any atom is 0.436 e. The molecule has 0 N–H and O–H groups in total. The summed E-state index contributed by atoms with van der Waals surface area (Å²) in [6.07, 6.45) is 0. The largest absolute Gasteiger partial charge is 0.467 e. The molecule has 0 aliphatic carbocycles. The lowest BCUT2D eigenvalue weighted by Crippen LogP contribution is -2.13. The second-order valence-corrected chi connectivity index (χ2v) is 3.32. The molecule has 0 bridgehead atoms. The van der Waals surface area contributed by atoms with Crippen LogP contribution in [0.5, 0.6) is 0 Å². The molecule has 0 spiro atoms. The van der Waals surface area contributed by atoms with E-state index < -0.39 is 10.9 Å². The summed E-state index contributed by atoms with van der Waals surface area (Å²) in [4.78, 5) is 25.3. The van der Waals surface area contributed by atoms with Gasteiger partial charge < -0.3 is 14.9 Å². The maximum absolute atomic E-state index is 11.2. The summed E-state index contributed by atoms with van der Waals surface area (Å²) in [6, 6.07) is 6.76. The predicted molar refractivity (Wildman–Crippen MR) is 58.4 cm³/mol. The number of para-hydroxylation sites is 2. The Kier molecular flexibility index (Phi) is 2.73. The average molecular weight is 235 g/mol. The number of esters is 1. The smallest absolute Gasteiger partial charge is 0.436 e. The normalized spacial score (nSPS) is 10.4. The summed E-state index contributed by atoms with van der Waals surface area (Å²) in [5.41, 5.74) is 1.01. The number of aromatic nitrogens is 2. The fourth-order valence-corrected chi connectivity index (χ4v) is 1.55. The molecule has 88 valence electrons. The van der Waals surface area contributed by atoms with Gasteiger partial charge in [0.05, 0.1) is 7.11 Å². The van der Waals surface area contributed by atoms with E-state index in [0.717, 1.165) is 0 Å². The van der Waals surface area contributed by atoms with Crippen LogP contribution in [0.1, 0.15) is 0 Å². The molecule has 1 aromatic heterocycles. The summed E-state index contributed by atoms with van der Waals surface area (Å²) >= 11 is 0. The lowest BCUT2D eigenvalue weighted by atomic mass is 10.3. The van der Waals surface area contributed by atoms with E-state index in [1.165, 1.54) is 11.7 Å². The zero-order valence-electron chi connectivity index (χ0n) is 8.99. The van der Waals surface area contributed by atoms with Crippen molar-refractivity contribution in [2.45, 2.75) is 6.54 Å². The van der Waals surface area contributed by atoms with Crippen molar-refractivity contribution in [3.8, 4) is 0 Å². The number of ether oxygens (including phenoxy) is 1. The first-order chi connectivity index (χ1) is 8.13. The molecule has 7 heteroatoms. The third-order valence-corrected chi connectivity index (χ3v) is 2.31. The first kappa shape index (κ1) is 11.1. The Bertz CT molecular complexity index is 590. The zero-order valence-corrected chi connectivity index (χ0v) is 8.99. The van der Waals surface area contributed by atoms with Crippen LogP contribution in [-0.2, 0) is 16.1 Å². The van der Waals surface area contributed by atoms with Crippen molar-refractivity contribution in [2.75, 3.05) is 7.11 Å². The lowest BCUT2D eigenvalue weighted by Gasteiger charge is -2.00. The number of rotatable bonds is 3. The molecular weight excluding hydrogens is 226 g/mol. The molecule has 0 fully saturated rings. The first-order valence-corrected chi connectivity index (χ1v) is 4.80. The van der Waals surface area contributed by atoms with Gasteiger partial charge in [-0.2, -0.15) is 0 Å². The molecule has 17 heavy (non-hydrogen) atoms. The number of carbonyl (C=O) groups excluding carboxylic acids is 1. The van der Waals surface area contributed by atoms with Crippen molar-refractivity contribution in [1.29, 1.82) is 0 Å². The van der Waals surface area contributed by atoms with E-state index >= 15 is 0 Å². The van der Waals surface area contributed by atoms with E-state index in [2.05, 4.69) is 9.72 Å². The number of benzene rings is 1. The monoisotopic (exact) mass is 235 g/mol. The van der Waals surface area contributed by atoms with Gasteiger partial charge in [0.25, 0.3) is 0 Å². The third kappa shape index (κ3) is 1.94. The van der Waals surface area contributed by atoms with E-state index in [1.54, 1.807) is 24.3 Å². The van der Waals surface area contributed by atoms with Gasteiger partial charge in [-0.15, -0.1) is 0 Å². The van der Waals surface area contributed by atoms with Gasteiger partial charge >= 0.3 is 11.9 Å². The minimum Gasteiger partial charge on any atom is -0.467 e. The number of fused-ring (bicyclic) bond motifs is 1. The Hall–Kier alpha value is -2.44. The molecule has 0 atom stereocenters. The summed E-state index contributed by atoms with van der Waals surface area (Å²) in [5, 5.41) is 10.8. The SMILES string of the molecule is COC(=O)Cn1c([N+](=O)[O-])nc2ccccc21. The van der Waals surface area contributed by atoms with Crippen molar-refractivity contribution in [1.82, 2.24) is 9.55 Å². The van der Waals surface area contributed by atoms with Crippen LogP contribution < -0.4 is 0 Å². The molecule has 0 amide bonds. The summed E-state index contributed by atoms with van der Waals surface area (Å²) in [7, 11) is 1.23. The molecule has 0 radical (unpaired) electrons. The number of imidazole rings is 1. The van der Waals surface area contributed by atoms with E-state index in [1.807, 2.05) is 0 Å². The zero-order chi connectivity index (χ0) is 12.4. The second-order valence-electron chi connectivity index (χ2n) is 3.32. The van der Waals surface area contributed by atoms with E-state index in [9.17, 15) is 14.9 Å². The Labute approximate surface area is 95.8 Å². The first-order valence-electron chi connectivity index (χ1n) is 4.80. The van der Waals surface area contributed by atoms with Crippen LogP contribution in [0.25, 0.3) is 11.0 Å². The number of hydrogen-bond acceptors (Lipinski definition) is 5. The van der Waals surface area contributed by atoms with Crippen LogP contribution in [0, 0.1) is 10.1 Å². The van der Waals surface area contributed by atoms with Crippen molar-refractivity contribution >= 4 is 23.0 Å². The minimum atomic E-state index is -0.622.